The van der Waals surface area contributed by atoms with E-state index >= 15 is 0 Å². The van der Waals surface area contributed by atoms with Crippen LogP contribution < -0.4 is 10.1 Å². The highest BCUT2D eigenvalue weighted by atomic mass is 16.5. The lowest BCUT2D eigenvalue weighted by Crippen LogP contribution is -2.12. The van der Waals surface area contributed by atoms with Gasteiger partial charge >= 0.3 is 5.97 Å². The molecule has 0 aliphatic rings. The highest BCUT2D eigenvalue weighted by Gasteiger charge is 2.18. The first kappa shape index (κ1) is 22.8. The predicted octanol–water partition coefficient (Wildman–Crippen LogP) is 4.76. The quantitative estimate of drug-likeness (QED) is 0.382. The van der Waals surface area contributed by atoms with Gasteiger partial charge in [-0.15, -0.1) is 0 Å². The lowest BCUT2D eigenvalue weighted by Gasteiger charge is -2.07. The lowest BCUT2D eigenvalue weighted by molar-refractivity contribution is 0.0600. The van der Waals surface area contributed by atoms with Crippen LogP contribution in [0.3, 0.4) is 0 Å². The lowest BCUT2D eigenvalue weighted by atomic mass is 10.2. The van der Waals surface area contributed by atoms with Gasteiger partial charge in [-0.1, -0.05) is 30.3 Å². The highest BCUT2D eigenvalue weighted by Crippen LogP contribution is 2.22. The van der Waals surface area contributed by atoms with Crippen LogP contribution in [-0.2, 0) is 17.9 Å². The minimum absolute atomic E-state index is 0.137. The Hall–Kier alpha value is -4.33. The summed E-state index contributed by atoms with van der Waals surface area (Å²) in [5.41, 5.74) is 3.82. The average molecular weight is 460 g/mol. The molecule has 1 amide bonds. The van der Waals surface area contributed by atoms with Gasteiger partial charge in [0.1, 0.15) is 18.1 Å². The maximum absolute atomic E-state index is 12.8. The fourth-order valence-electron chi connectivity index (χ4n) is 3.50. The summed E-state index contributed by atoms with van der Waals surface area (Å²) >= 11 is 0. The molecule has 4 aromatic rings. The number of rotatable bonds is 8. The van der Waals surface area contributed by atoms with Crippen molar-refractivity contribution in [2.45, 2.75) is 27.0 Å². The van der Waals surface area contributed by atoms with Crippen molar-refractivity contribution in [2.24, 2.45) is 0 Å². The Morgan fingerprint density at radius 2 is 1.74 bits per heavy atom. The van der Waals surface area contributed by atoms with Gasteiger partial charge in [-0.3, -0.25) is 9.48 Å². The van der Waals surface area contributed by atoms with E-state index < -0.39 is 5.97 Å². The normalized spacial score (nSPS) is 10.7. The predicted molar refractivity (Wildman–Crippen MR) is 126 cm³/mol. The smallest absolute Gasteiger partial charge is 0.337 e. The SMILES string of the molecule is COC(=O)c1ccc(OCc2ccc(C(=O)Nc3c(C)nn(Cc4ccccc4)c3C)o2)cc1. The Morgan fingerprint density at radius 1 is 1.00 bits per heavy atom. The summed E-state index contributed by atoms with van der Waals surface area (Å²) in [5, 5.41) is 7.48. The van der Waals surface area contributed by atoms with Crippen molar-refractivity contribution in [3.05, 3.63) is 101 Å². The molecule has 8 heteroatoms. The molecule has 0 aliphatic heterocycles. The van der Waals surface area contributed by atoms with E-state index in [0.717, 1.165) is 17.0 Å². The van der Waals surface area contributed by atoms with Gasteiger partial charge < -0.3 is 19.2 Å². The van der Waals surface area contributed by atoms with Gasteiger partial charge in [-0.05, 0) is 55.8 Å². The Bertz CT molecular complexity index is 1290. The molecule has 2 heterocycles. The summed E-state index contributed by atoms with van der Waals surface area (Å²) in [6.45, 7) is 4.53. The van der Waals surface area contributed by atoms with Crippen LogP contribution in [0.2, 0.25) is 0 Å². The number of aryl methyl sites for hydroxylation is 1. The Labute approximate surface area is 197 Å². The number of anilines is 1. The summed E-state index contributed by atoms with van der Waals surface area (Å²) in [6, 6.07) is 19.9. The van der Waals surface area contributed by atoms with E-state index in [-0.39, 0.29) is 18.3 Å². The standard InChI is InChI=1S/C26H25N3O5/c1-17-24(18(2)29(28-17)15-19-7-5-4-6-8-19)27-25(30)23-14-13-22(34-23)16-33-21-11-9-20(10-12-21)26(31)32-3/h4-14H,15-16H2,1-3H3,(H,27,30). The molecule has 0 atom stereocenters. The number of nitrogens with one attached hydrogen (secondary N) is 1. The third-order valence-electron chi connectivity index (χ3n) is 5.34. The van der Waals surface area contributed by atoms with Crippen LogP contribution in [0, 0.1) is 13.8 Å². The largest absolute Gasteiger partial charge is 0.486 e. The summed E-state index contributed by atoms with van der Waals surface area (Å²) in [7, 11) is 1.33. The first-order valence-corrected chi connectivity index (χ1v) is 10.7. The number of esters is 1. The van der Waals surface area contributed by atoms with E-state index in [1.165, 1.54) is 7.11 Å². The molecule has 0 saturated carbocycles. The molecule has 0 bridgehead atoms. The number of carbonyl (C=O) groups is 2. The summed E-state index contributed by atoms with van der Waals surface area (Å²) < 4.78 is 17.9. The fraction of sp³-hybridized carbons (Fsp3) is 0.192. The first-order valence-electron chi connectivity index (χ1n) is 10.7. The number of ether oxygens (including phenoxy) is 2. The van der Waals surface area contributed by atoms with Gasteiger partial charge in [0, 0.05) is 0 Å². The van der Waals surface area contributed by atoms with Gasteiger partial charge in [-0.25, -0.2) is 4.79 Å². The summed E-state index contributed by atoms with van der Waals surface area (Å²) in [5.74, 6) is 0.459. The first-order chi connectivity index (χ1) is 16.4. The van der Waals surface area contributed by atoms with Crippen LogP contribution in [0.5, 0.6) is 5.75 Å². The Morgan fingerprint density at radius 3 is 2.44 bits per heavy atom. The molecule has 174 valence electrons. The molecule has 4 rings (SSSR count). The molecule has 0 aliphatic carbocycles. The Kier molecular flexibility index (Phi) is 6.77. The number of hydrogen-bond acceptors (Lipinski definition) is 6. The van der Waals surface area contributed by atoms with Crippen molar-refractivity contribution in [2.75, 3.05) is 12.4 Å². The van der Waals surface area contributed by atoms with E-state index in [1.807, 2.05) is 48.9 Å². The molecule has 0 fully saturated rings. The van der Waals surface area contributed by atoms with Crippen LogP contribution in [0.15, 0.2) is 71.1 Å². The van der Waals surface area contributed by atoms with E-state index in [0.29, 0.717) is 29.3 Å². The maximum Gasteiger partial charge on any atom is 0.337 e. The van der Waals surface area contributed by atoms with Gasteiger partial charge in [0.15, 0.2) is 5.76 Å². The Balaban J connectivity index is 1.37. The molecule has 2 aromatic heterocycles. The number of aromatic nitrogens is 2. The van der Waals surface area contributed by atoms with Crippen LogP contribution in [0.1, 0.15) is 43.6 Å². The number of nitrogens with zero attached hydrogens (tertiary/aromatic N) is 2. The number of furan rings is 1. The van der Waals surface area contributed by atoms with Gasteiger partial charge in [0.2, 0.25) is 0 Å². The molecule has 1 N–H and O–H groups in total. The minimum atomic E-state index is -0.413. The summed E-state index contributed by atoms with van der Waals surface area (Å²) in [4.78, 5) is 24.3. The molecule has 0 spiro atoms. The summed E-state index contributed by atoms with van der Waals surface area (Å²) in [6.07, 6.45) is 0. The second-order valence-corrected chi connectivity index (χ2v) is 7.71. The van der Waals surface area contributed by atoms with Crippen molar-refractivity contribution < 1.29 is 23.5 Å². The zero-order chi connectivity index (χ0) is 24.1. The molecule has 0 unspecified atom stereocenters. The molecule has 2 aromatic carbocycles. The zero-order valence-electron chi connectivity index (χ0n) is 19.2. The second kappa shape index (κ2) is 10.1. The monoisotopic (exact) mass is 459 g/mol. The van der Waals surface area contributed by atoms with Crippen molar-refractivity contribution >= 4 is 17.6 Å². The maximum atomic E-state index is 12.8. The number of benzene rings is 2. The molecule has 0 radical (unpaired) electrons. The van der Waals surface area contributed by atoms with E-state index in [9.17, 15) is 9.59 Å². The number of hydrogen-bond donors (Lipinski definition) is 1. The van der Waals surface area contributed by atoms with Crippen molar-refractivity contribution in [1.82, 2.24) is 9.78 Å². The zero-order valence-corrected chi connectivity index (χ0v) is 19.2. The molecule has 34 heavy (non-hydrogen) atoms. The van der Waals surface area contributed by atoms with Crippen LogP contribution >= 0.6 is 0 Å². The average Bonchev–Trinajstić information content (AvgIpc) is 3.44. The van der Waals surface area contributed by atoms with E-state index in [2.05, 4.69) is 15.2 Å². The van der Waals surface area contributed by atoms with Crippen LogP contribution in [0.4, 0.5) is 5.69 Å². The van der Waals surface area contributed by atoms with Gasteiger partial charge in [-0.2, -0.15) is 5.10 Å². The second-order valence-electron chi connectivity index (χ2n) is 7.71. The number of methoxy groups -OCH3 is 1. The molecular formula is C26H25N3O5. The number of amides is 1. The van der Waals surface area contributed by atoms with Crippen molar-refractivity contribution in [1.29, 1.82) is 0 Å². The highest BCUT2D eigenvalue weighted by molar-refractivity contribution is 6.03. The minimum Gasteiger partial charge on any atom is -0.486 e. The van der Waals surface area contributed by atoms with Crippen molar-refractivity contribution in [3.8, 4) is 5.75 Å². The topological polar surface area (TPSA) is 95.6 Å². The fourth-order valence-corrected chi connectivity index (χ4v) is 3.50. The molecule has 8 nitrogen and oxygen atoms in total. The van der Waals surface area contributed by atoms with E-state index in [4.69, 9.17) is 9.15 Å². The van der Waals surface area contributed by atoms with Crippen LogP contribution in [0.25, 0.3) is 0 Å². The van der Waals surface area contributed by atoms with Gasteiger partial charge in [0.05, 0.1) is 36.3 Å². The van der Waals surface area contributed by atoms with Crippen molar-refractivity contribution in [3.63, 3.8) is 0 Å². The third kappa shape index (κ3) is 5.17. The van der Waals surface area contributed by atoms with Gasteiger partial charge in [0.25, 0.3) is 5.91 Å². The van der Waals surface area contributed by atoms with E-state index in [1.54, 1.807) is 36.4 Å². The molecular weight excluding hydrogens is 434 g/mol. The number of carbonyl (C=O) groups excluding carboxylic acids is 2. The third-order valence-corrected chi connectivity index (χ3v) is 5.34. The van der Waals surface area contributed by atoms with Crippen LogP contribution in [-0.4, -0.2) is 28.8 Å². The molecule has 0 saturated heterocycles.